The quantitative estimate of drug-likeness (QED) is 0.214. The lowest BCUT2D eigenvalue weighted by molar-refractivity contribution is 0.668. The van der Waals surface area contributed by atoms with Crippen LogP contribution in [-0.4, -0.2) is 16.4 Å². The standard InChI is InChI=1S/C44H31N3O/c1-3-12-28(13-4-1)30-22-24-33-32-16-8-10-20-38(32)47(39(33)26-30)31-23-25-35-41(27-31)48-40-21-11-18-36(42(35)40)44-45-37-19-9-7-17-34(37)43(46-44)29-14-5-2-6-15-29/h1-21,23,25-27,37H,22,24H2,(H,45,46). The highest BCUT2D eigenvalue weighted by Crippen LogP contribution is 2.40. The van der Waals surface area contributed by atoms with Gasteiger partial charge in [0.2, 0.25) is 0 Å². The molecule has 1 aliphatic heterocycles. The molecular formula is C44H31N3O. The van der Waals surface area contributed by atoms with Gasteiger partial charge in [-0.25, -0.2) is 4.99 Å². The molecule has 4 nitrogen and oxygen atoms in total. The van der Waals surface area contributed by atoms with Crippen LogP contribution >= 0.6 is 0 Å². The highest BCUT2D eigenvalue weighted by atomic mass is 16.3. The maximum atomic E-state index is 6.64. The van der Waals surface area contributed by atoms with Crippen LogP contribution in [-0.2, 0) is 6.42 Å². The van der Waals surface area contributed by atoms with Gasteiger partial charge in [0.25, 0.3) is 0 Å². The van der Waals surface area contributed by atoms with Gasteiger partial charge >= 0.3 is 0 Å². The second-order valence-electron chi connectivity index (χ2n) is 12.7. The summed E-state index contributed by atoms with van der Waals surface area (Å²) in [7, 11) is 0. The van der Waals surface area contributed by atoms with E-state index in [0.29, 0.717) is 0 Å². The predicted octanol–water partition coefficient (Wildman–Crippen LogP) is 10.3. The van der Waals surface area contributed by atoms with Crippen LogP contribution in [0, 0.1) is 0 Å². The minimum absolute atomic E-state index is 0.0414. The molecule has 10 rings (SSSR count). The van der Waals surface area contributed by atoms with Crippen molar-refractivity contribution in [3.8, 4) is 5.69 Å². The molecule has 0 fully saturated rings. The van der Waals surface area contributed by atoms with E-state index in [1.165, 1.54) is 38.9 Å². The van der Waals surface area contributed by atoms with Crippen molar-refractivity contribution in [2.45, 2.75) is 18.9 Å². The summed E-state index contributed by atoms with van der Waals surface area (Å²) in [5.74, 6) is 0.851. The monoisotopic (exact) mass is 617 g/mol. The number of nitrogens with one attached hydrogen (secondary N) is 1. The van der Waals surface area contributed by atoms with Crippen LogP contribution in [0.1, 0.15) is 34.4 Å². The Bertz CT molecular complexity index is 2570. The lowest BCUT2D eigenvalue weighted by Crippen LogP contribution is -2.39. The second kappa shape index (κ2) is 10.7. The Labute approximate surface area is 278 Å². The highest BCUT2D eigenvalue weighted by Gasteiger charge is 2.27. The first-order valence-electron chi connectivity index (χ1n) is 16.6. The van der Waals surface area contributed by atoms with E-state index in [9.17, 15) is 0 Å². The first kappa shape index (κ1) is 27.0. The molecule has 0 spiro atoms. The summed E-state index contributed by atoms with van der Waals surface area (Å²) in [4.78, 5) is 5.26. The van der Waals surface area contributed by atoms with Gasteiger partial charge in [0.15, 0.2) is 0 Å². The molecule has 7 aromatic rings. The molecule has 0 saturated carbocycles. The van der Waals surface area contributed by atoms with Crippen molar-refractivity contribution in [2.24, 2.45) is 4.99 Å². The zero-order valence-electron chi connectivity index (χ0n) is 26.2. The van der Waals surface area contributed by atoms with E-state index in [-0.39, 0.29) is 6.04 Å². The SMILES string of the molecule is C1=CC2=C(c3ccccc3)N=C(c3cccc4oc5cc(-n6c7c(c8ccccc86)CCC(c6ccccc6)=C7)ccc5c34)NC2C=C1. The van der Waals surface area contributed by atoms with Gasteiger partial charge in [0, 0.05) is 44.6 Å². The van der Waals surface area contributed by atoms with Gasteiger partial charge in [-0.2, -0.15) is 0 Å². The van der Waals surface area contributed by atoms with Gasteiger partial charge < -0.3 is 14.3 Å². The maximum absolute atomic E-state index is 6.64. The number of hydrogen-bond acceptors (Lipinski definition) is 3. The average molecular weight is 618 g/mol. The molecule has 0 radical (unpaired) electrons. The molecule has 1 N–H and O–H groups in total. The molecule has 2 aliphatic carbocycles. The van der Waals surface area contributed by atoms with Gasteiger partial charge in [0.1, 0.15) is 17.0 Å². The summed E-state index contributed by atoms with van der Waals surface area (Å²) in [6.07, 6.45) is 13.0. The molecule has 1 atom stereocenters. The summed E-state index contributed by atoms with van der Waals surface area (Å²) in [6, 6.07) is 43.0. The van der Waals surface area contributed by atoms with Crippen molar-refractivity contribution in [1.29, 1.82) is 0 Å². The van der Waals surface area contributed by atoms with Gasteiger partial charge in [-0.05, 0) is 59.9 Å². The fourth-order valence-electron chi connectivity index (χ4n) is 7.76. The van der Waals surface area contributed by atoms with Crippen LogP contribution < -0.4 is 5.32 Å². The summed E-state index contributed by atoms with van der Waals surface area (Å²) in [5, 5.41) is 7.19. The van der Waals surface area contributed by atoms with Crippen molar-refractivity contribution in [2.75, 3.05) is 0 Å². The van der Waals surface area contributed by atoms with Gasteiger partial charge in [-0.15, -0.1) is 0 Å². The normalized spacial score (nSPS) is 17.0. The van der Waals surface area contributed by atoms with Crippen molar-refractivity contribution < 1.29 is 4.42 Å². The molecule has 5 aromatic carbocycles. The molecule has 0 amide bonds. The lowest BCUT2D eigenvalue weighted by atomic mass is 9.91. The number of aromatic nitrogens is 1. The molecule has 3 heterocycles. The predicted molar refractivity (Wildman–Crippen MR) is 198 cm³/mol. The van der Waals surface area contributed by atoms with Crippen LogP contribution in [0.4, 0.5) is 0 Å². The molecule has 3 aliphatic rings. The molecule has 0 saturated heterocycles. The summed E-state index contributed by atoms with van der Waals surface area (Å²) in [5.41, 5.74) is 13.7. The lowest BCUT2D eigenvalue weighted by Gasteiger charge is -2.28. The van der Waals surface area contributed by atoms with Crippen LogP contribution in [0.5, 0.6) is 0 Å². The van der Waals surface area contributed by atoms with Gasteiger partial charge in [0.05, 0.1) is 22.9 Å². The number of benzene rings is 5. The smallest absolute Gasteiger partial charge is 0.137 e. The van der Waals surface area contributed by atoms with E-state index >= 15 is 0 Å². The number of allylic oxidation sites excluding steroid dienone is 3. The molecule has 48 heavy (non-hydrogen) atoms. The minimum atomic E-state index is 0.0414. The number of aliphatic imine (C=N–C) groups is 1. The van der Waals surface area contributed by atoms with Crippen molar-refractivity contribution in [3.63, 3.8) is 0 Å². The van der Waals surface area contributed by atoms with Crippen molar-refractivity contribution in [3.05, 3.63) is 179 Å². The number of rotatable bonds is 4. The Hall–Kier alpha value is -6.13. The summed E-state index contributed by atoms with van der Waals surface area (Å²) < 4.78 is 9.05. The Morgan fingerprint density at radius 3 is 2.40 bits per heavy atom. The summed E-state index contributed by atoms with van der Waals surface area (Å²) in [6.45, 7) is 0. The van der Waals surface area contributed by atoms with E-state index in [1.54, 1.807) is 0 Å². The van der Waals surface area contributed by atoms with Gasteiger partial charge in [-0.3, -0.25) is 0 Å². The zero-order valence-corrected chi connectivity index (χ0v) is 26.2. The highest BCUT2D eigenvalue weighted by molar-refractivity contribution is 6.19. The topological polar surface area (TPSA) is 42.5 Å². The van der Waals surface area contributed by atoms with E-state index in [1.807, 2.05) is 6.07 Å². The van der Waals surface area contributed by atoms with Crippen LogP contribution in [0.3, 0.4) is 0 Å². The summed E-state index contributed by atoms with van der Waals surface area (Å²) >= 11 is 0. The van der Waals surface area contributed by atoms with E-state index < -0.39 is 0 Å². The first-order valence-corrected chi connectivity index (χ1v) is 16.6. The van der Waals surface area contributed by atoms with Crippen molar-refractivity contribution in [1.82, 2.24) is 9.88 Å². The first-order chi connectivity index (χ1) is 23.8. The van der Waals surface area contributed by atoms with Crippen LogP contribution in [0.25, 0.3) is 55.9 Å². The average Bonchev–Trinajstić information content (AvgIpc) is 3.70. The Morgan fingerprint density at radius 1 is 0.708 bits per heavy atom. The zero-order chi connectivity index (χ0) is 31.6. The second-order valence-corrected chi connectivity index (χ2v) is 12.7. The third-order valence-electron chi connectivity index (χ3n) is 9.98. The third-order valence-corrected chi connectivity index (χ3v) is 9.98. The van der Waals surface area contributed by atoms with Crippen LogP contribution in [0.15, 0.2) is 161 Å². The Kier molecular flexibility index (Phi) is 6.03. The fourth-order valence-corrected chi connectivity index (χ4v) is 7.76. The van der Waals surface area contributed by atoms with E-state index in [2.05, 4.69) is 156 Å². The molecule has 4 heteroatoms. The van der Waals surface area contributed by atoms with Gasteiger partial charge in [-0.1, -0.05) is 115 Å². The third kappa shape index (κ3) is 4.19. The van der Waals surface area contributed by atoms with E-state index in [4.69, 9.17) is 9.41 Å². The molecule has 2 aromatic heterocycles. The number of hydrogen-bond donors (Lipinski definition) is 1. The molecule has 0 bridgehead atoms. The molecular weight excluding hydrogens is 587 g/mol. The number of fused-ring (bicyclic) bond motifs is 7. The Balaban J connectivity index is 1.14. The number of aryl methyl sites for hydroxylation is 1. The van der Waals surface area contributed by atoms with E-state index in [0.717, 1.165) is 63.1 Å². The number of amidine groups is 1. The molecule has 1 unspecified atom stereocenters. The number of nitrogens with zero attached hydrogens (tertiary/aromatic N) is 2. The van der Waals surface area contributed by atoms with Crippen molar-refractivity contribution >= 4 is 56.0 Å². The number of para-hydroxylation sites is 1. The largest absolute Gasteiger partial charge is 0.456 e. The number of furan rings is 1. The van der Waals surface area contributed by atoms with Crippen LogP contribution in [0.2, 0.25) is 0 Å². The fraction of sp³-hybridized carbons (Fsp3) is 0.0682. The maximum Gasteiger partial charge on any atom is 0.137 e. The Morgan fingerprint density at radius 2 is 1.52 bits per heavy atom. The molecule has 228 valence electrons. The minimum Gasteiger partial charge on any atom is -0.456 e.